The number of rotatable bonds is 5. The fraction of sp³-hybridized carbons (Fsp3) is 0.267. The molecule has 0 saturated heterocycles. The number of ether oxygens (including phenoxy) is 1. The first kappa shape index (κ1) is 16.9. The largest absolute Gasteiger partial charge is 0.492 e. The zero-order valence-corrected chi connectivity index (χ0v) is 13.0. The number of hydrogen-bond acceptors (Lipinski definition) is 5. The molecule has 0 amide bonds. The van der Waals surface area contributed by atoms with Gasteiger partial charge in [-0.1, -0.05) is 0 Å². The minimum absolute atomic E-state index is 0.00652. The van der Waals surface area contributed by atoms with Crippen molar-refractivity contribution < 1.29 is 22.3 Å². The monoisotopic (exact) mass is 355 g/mol. The standard InChI is InChI=1S/C15H13F4N5O/c1-23(8-9-25-11-4-2-10(16)3-5-11)13-7-6-12-20-21-14(15(17,18)19)24(12)22-13/h2-7H,8-9H2,1H3. The number of alkyl halides is 3. The zero-order valence-electron chi connectivity index (χ0n) is 13.0. The molecular weight excluding hydrogens is 342 g/mol. The molecule has 0 unspecified atom stereocenters. The SMILES string of the molecule is CN(CCOc1ccc(F)cc1)c1ccc2nnc(C(F)(F)F)n2n1. The summed E-state index contributed by atoms with van der Waals surface area (Å²) in [5.41, 5.74) is 0.00652. The van der Waals surface area contributed by atoms with Gasteiger partial charge in [-0.2, -0.15) is 17.7 Å². The molecule has 2 heterocycles. The van der Waals surface area contributed by atoms with Crippen LogP contribution in [0.5, 0.6) is 5.75 Å². The van der Waals surface area contributed by atoms with E-state index in [2.05, 4.69) is 15.3 Å². The molecule has 0 N–H and O–H groups in total. The molecule has 2 aromatic heterocycles. The van der Waals surface area contributed by atoms with Gasteiger partial charge in [0, 0.05) is 7.05 Å². The predicted molar refractivity (Wildman–Crippen MR) is 80.9 cm³/mol. The van der Waals surface area contributed by atoms with Crippen LogP contribution >= 0.6 is 0 Å². The first-order chi connectivity index (χ1) is 11.8. The fourth-order valence-corrected chi connectivity index (χ4v) is 2.11. The number of benzene rings is 1. The predicted octanol–water partition coefficient (Wildman–Crippen LogP) is 2.80. The van der Waals surface area contributed by atoms with E-state index in [0.29, 0.717) is 22.6 Å². The van der Waals surface area contributed by atoms with E-state index in [-0.39, 0.29) is 18.1 Å². The smallest absolute Gasteiger partial charge is 0.453 e. The van der Waals surface area contributed by atoms with Crippen LogP contribution in [-0.2, 0) is 6.18 Å². The molecule has 6 nitrogen and oxygen atoms in total. The van der Waals surface area contributed by atoms with Gasteiger partial charge in [-0.15, -0.1) is 15.3 Å². The number of aromatic nitrogens is 4. The van der Waals surface area contributed by atoms with Crippen LogP contribution in [0.25, 0.3) is 5.65 Å². The van der Waals surface area contributed by atoms with Crippen LogP contribution in [-0.4, -0.2) is 40.0 Å². The molecule has 0 radical (unpaired) electrons. The molecule has 0 aliphatic rings. The molecule has 25 heavy (non-hydrogen) atoms. The second-order valence-corrected chi connectivity index (χ2v) is 5.21. The van der Waals surface area contributed by atoms with Crippen molar-refractivity contribution in [3.63, 3.8) is 0 Å². The van der Waals surface area contributed by atoms with Gasteiger partial charge in [-0.25, -0.2) is 4.39 Å². The summed E-state index contributed by atoms with van der Waals surface area (Å²) < 4.78 is 57.6. The number of fused-ring (bicyclic) bond motifs is 1. The summed E-state index contributed by atoms with van der Waals surface area (Å²) in [6.45, 7) is 0.607. The molecule has 3 rings (SSSR count). The Morgan fingerprint density at radius 1 is 1.08 bits per heavy atom. The summed E-state index contributed by atoms with van der Waals surface area (Å²) >= 11 is 0. The van der Waals surface area contributed by atoms with Crippen molar-refractivity contribution >= 4 is 11.5 Å². The normalized spacial score (nSPS) is 11.7. The van der Waals surface area contributed by atoms with E-state index in [4.69, 9.17) is 4.74 Å². The third kappa shape index (κ3) is 3.78. The average molecular weight is 355 g/mol. The third-order valence-electron chi connectivity index (χ3n) is 3.40. The van der Waals surface area contributed by atoms with E-state index >= 15 is 0 Å². The Morgan fingerprint density at radius 3 is 2.48 bits per heavy atom. The molecule has 0 saturated carbocycles. The van der Waals surface area contributed by atoms with Crippen LogP contribution in [0.15, 0.2) is 36.4 Å². The Kier molecular flexibility index (Phi) is 4.43. The third-order valence-corrected chi connectivity index (χ3v) is 3.40. The summed E-state index contributed by atoms with van der Waals surface area (Å²) in [5, 5.41) is 10.5. The van der Waals surface area contributed by atoms with E-state index in [1.54, 1.807) is 18.0 Å². The number of anilines is 1. The maximum absolute atomic E-state index is 12.9. The second kappa shape index (κ2) is 6.54. The molecule has 0 atom stereocenters. The van der Waals surface area contributed by atoms with Crippen LogP contribution in [0.1, 0.15) is 5.82 Å². The highest BCUT2D eigenvalue weighted by molar-refractivity contribution is 5.45. The highest BCUT2D eigenvalue weighted by Gasteiger charge is 2.37. The Hall–Kier alpha value is -2.91. The molecule has 132 valence electrons. The van der Waals surface area contributed by atoms with E-state index in [1.165, 1.54) is 30.3 Å². The first-order valence-corrected chi connectivity index (χ1v) is 7.24. The van der Waals surface area contributed by atoms with Crippen molar-refractivity contribution in [2.24, 2.45) is 0 Å². The molecular formula is C15H13F4N5O. The molecule has 3 aromatic rings. The van der Waals surface area contributed by atoms with Gasteiger partial charge in [0.05, 0.1) is 6.54 Å². The van der Waals surface area contributed by atoms with Gasteiger partial charge in [0.15, 0.2) is 5.65 Å². The lowest BCUT2D eigenvalue weighted by Crippen LogP contribution is -2.25. The summed E-state index contributed by atoms with van der Waals surface area (Å²) in [6.07, 6.45) is -4.64. The summed E-state index contributed by atoms with van der Waals surface area (Å²) in [4.78, 5) is 1.63. The summed E-state index contributed by atoms with van der Waals surface area (Å²) in [5.74, 6) is -0.742. The molecule has 10 heteroatoms. The number of hydrogen-bond donors (Lipinski definition) is 0. The lowest BCUT2D eigenvalue weighted by Gasteiger charge is -2.18. The van der Waals surface area contributed by atoms with Gasteiger partial charge in [-0.05, 0) is 36.4 Å². The van der Waals surface area contributed by atoms with Crippen LogP contribution in [0, 0.1) is 5.82 Å². The quantitative estimate of drug-likeness (QED) is 0.659. The molecule has 0 spiro atoms. The van der Waals surface area contributed by atoms with Gasteiger partial charge in [0.1, 0.15) is 24.0 Å². The number of nitrogens with zero attached hydrogens (tertiary/aromatic N) is 5. The first-order valence-electron chi connectivity index (χ1n) is 7.24. The second-order valence-electron chi connectivity index (χ2n) is 5.21. The van der Waals surface area contributed by atoms with Gasteiger partial charge in [0.2, 0.25) is 0 Å². The van der Waals surface area contributed by atoms with Crippen molar-refractivity contribution in [3.8, 4) is 5.75 Å². The van der Waals surface area contributed by atoms with Crippen LogP contribution in [0.3, 0.4) is 0 Å². The lowest BCUT2D eigenvalue weighted by atomic mass is 10.3. The minimum Gasteiger partial charge on any atom is -0.492 e. The Bertz CT molecular complexity index is 862. The van der Waals surface area contributed by atoms with Crippen LogP contribution < -0.4 is 9.64 Å². The van der Waals surface area contributed by atoms with Crippen molar-refractivity contribution in [2.75, 3.05) is 25.1 Å². The molecule has 0 aliphatic heterocycles. The van der Waals surface area contributed by atoms with E-state index in [0.717, 1.165) is 0 Å². The van der Waals surface area contributed by atoms with E-state index < -0.39 is 12.0 Å². The maximum Gasteiger partial charge on any atom is 0.453 e. The highest BCUT2D eigenvalue weighted by Crippen LogP contribution is 2.27. The summed E-state index contributed by atoms with van der Waals surface area (Å²) in [7, 11) is 1.67. The van der Waals surface area contributed by atoms with Crippen molar-refractivity contribution in [1.29, 1.82) is 0 Å². The van der Waals surface area contributed by atoms with Crippen molar-refractivity contribution in [2.45, 2.75) is 6.18 Å². The van der Waals surface area contributed by atoms with Crippen molar-refractivity contribution in [3.05, 3.63) is 48.0 Å². The van der Waals surface area contributed by atoms with E-state index in [1.807, 2.05) is 0 Å². The van der Waals surface area contributed by atoms with Gasteiger partial charge in [0.25, 0.3) is 5.82 Å². The zero-order chi connectivity index (χ0) is 18.0. The van der Waals surface area contributed by atoms with Crippen LogP contribution in [0.2, 0.25) is 0 Å². The number of halogens is 4. The lowest BCUT2D eigenvalue weighted by molar-refractivity contribution is -0.146. The minimum atomic E-state index is -4.64. The number of likely N-dealkylation sites (N-methyl/N-ethyl adjacent to an activating group) is 1. The maximum atomic E-state index is 12.9. The molecule has 0 bridgehead atoms. The van der Waals surface area contributed by atoms with Gasteiger partial charge in [-0.3, -0.25) is 0 Å². The molecule has 0 fully saturated rings. The van der Waals surface area contributed by atoms with Gasteiger partial charge < -0.3 is 9.64 Å². The summed E-state index contributed by atoms with van der Waals surface area (Å²) in [6, 6.07) is 8.49. The van der Waals surface area contributed by atoms with E-state index in [9.17, 15) is 17.6 Å². The van der Waals surface area contributed by atoms with Crippen molar-refractivity contribution in [1.82, 2.24) is 19.8 Å². The van der Waals surface area contributed by atoms with Gasteiger partial charge >= 0.3 is 6.18 Å². The highest BCUT2D eigenvalue weighted by atomic mass is 19.4. The Balaban J connectivity index is 1.69. The average Bonchev–Trinajstić information content (AvgIpc) is 3.00. The Morgan fingerprint density at radius 2 is 1.80 bits per heavy atom. The topological polar surface area (TPSA) is 55.5 Å². The fourth-order valence-electron chi connectivity index (χ4n) is 2.11. The molecule has 1 aromatic carbocycles. The Labute approximate surface area is 139 Å². The molecule has 0 aliphatic carbocycles. The van der Waals surface area contributed by atoms with Crippen LogP contribution in [0.4, 0.5) is 23.4 Å².